The zero-order chi connectivity index (χ0) is 11.6. The molecule has 16 heavy (non-hydrogen) atoms. The van der Waals surface area contributed by atoms with Gasteiger partial charge in [0.25, 0.3) is 0 Å². The summed E-state index contributed by atoms with van der Waals surface area (Å²) in [4.78, 5) is 11.0. The first kappa shape index (κ1) is 15.9. The van der Waals surface area contributed by atoms with Gasteiger partial charge >= 0.3 is 5.97 Å². The van der Waals surface area contributed by atoms with Gasteiger partial charge in [-0.05, 0) is 29.0 Å². The van der Waals surface area contributed by atoms with Crippen molar-refractivity contribution in [1.29, 1.82) is 0 Å². The number of carboxylic acids is 1. The average molecular weight is 246 g/mol. The zero-order valence-electron chi connectivity index (χ0n) is 10.4. The molecule has 1 aromatic carbocycles. The van der Waals surface area contributed by atoms with Crippen LogP contribution < -0.4 is 0 Å². The number of benzene rings is 1. The van der Waals surface area contributed by atoms with E-state index in [4.69, 9.17) is 5.11 Å². The van der Waals surface area contributed by atoms with Gasteiger partial charge in [0.15, 0.2) is 0 Å². The molecule has 2 radical (unpaired) electrons. The predicted molar refractivity (Wildman–Crippen MR) is 67.3 cm³/mol. The van der Waals surface area contributed by atoms with Crippen LogP contribution in [0.5, 0.6) is 0 Å². The van der Waals surface area contributed by atoms with Crippen LogP contribution in [-0.2, 0) is 0 Å². The molecule has 0 saturated carbocycles. The minimum absolute atomic E-state index is 0. The molecule has 0 amide bonds. The summed E-state index contributed by atoms with van der Waals surface area (Å²) in [6, 6.07) is 5.63. The number of hydrogen-bond acceptors (Lipinski definition) is 1. The Kier molecular flexibility index (Phi) is 6.61. The van der Waals surface area contributed by atoms with Crippen LogP contribution in [0.4, 0.5) is 0 Å². The Morgan fingerprint density at radius 3 is 2.06 bits per heavy atom. The zero-order valence-corrected chi connectivity index (χ0v) is 12.7. The molecular formula is C13H18CaO2. The van der Waals surface area contributed by atoms with Crippen molar-refractivity contribution in [2.75, 3.05) is 0 Å². The molecule has 2 nitrogen and oxygen atoms in total. The van der Waals surface area contributed by atoms with Crippen LogP contribution in [0.1, 0.15) is 61.0 Å². The molecule has 0 atom stereocenters. The molecule has 84 valence electrons. The Labute approximate surface area is 127 Å². The molecule has 0 aliphatic heterocycles. The van der Waals surface area contributed by atoms with Crippen LogP contribution in [0.2, 0.25) is 0 Å². The molecule has 0 spiro atoms. The summed E-state index contributed by atoms with van der Waals surface area (Å²) in [6.07, 6.45) is 0. The Hall–Kier alpha value is -0.0503. The van der Waals surface area contributed by atoms with E-state index in [2.05, 4.69) is 13.8 Å². The predicted octanol–water partition coefficient (Wildman–Crippen LogP) is 3.25. The van der Waals surface area contributed by atoms with E-state index in [1.54, 1.807) is 6.07 Å². The number of rotatable bonds is 3. The molecule has 0 fully saturated rings. The fraction of sp³-hybridized carbons (Fsp3) is 0.462. The van der Waals surface area contributed by atoms with E-state index < -0.39 is 5.97 Å². The Balaban J connectivity index is 0.00000225. The molecule has 1 aromatic rings. The maximum absolute atomic E-state index is 11.0. The number of hydrogen-bond donors (Lipinski definition) is 1. The second kappa shape index (κ2) is 6.63. The molecule has 0 aliphatic rings. The normalized spacial score (nSPS) is 10.4. The third-order valence-corrected chi connectivity index (χ3v) is 2.59. The van der Waals surface area contributed by atoms with E-state index in [-0.39, 0.29) is 43.7 Å². The molecule has 0 aromatic heterocycles. The largest absolute Gasteiger partial charge is 0.478 e. The van der Waals surface area contributed by atoms with E-state index in [1.807, 2.05) is 26.0 Å². The quantitative estimate of drug-likeness (QED) is 0.831. The molecule has 3 heteroatoms. The third-order valence-electron chi connectivity index (χ3n) is 2.59. The second-order valence-corrected chi connectivity index (χ2v) is 4.46. The summed E-state index contributed by atoms with van der Waals surface area (Å²) in [5.41, 5.74) is 2.55. The van der Waals surface area contributed by atoms with Crippen LogP contribution >= 0.6 is 0 Å². The van der Waals surface area contributed by atoms with Gasteiger partial charge in [0.1, 0.15) is 0 Å². The van der Waals surface area contributed by atoms with Gasteiger partial charge in [-0.1, -0.05) is 39.8 Å². The molecule has 0 saturated heterocycles. The first-order valence-corrected chi connectivity index (χ1v) is 5.30. The van der Waals surface area contributed by atoms with Gasteiger partial charge < -0.3 is 5.11 Å². The van der Waals surface area contributed by atoms with Crippen molar-refractivity contribution < 1.29 is 9.90 Å². The first-order chi connectivity index (χ1) is 6.93. The Morgan fingerprint density at radius 1 is 1.12 bits per heavy atom. The average Bonchev–Trinajstić information content (AvgIpc) is 2.16. The monoisotopic (exact) mass is 246 g/mol. The summed E-state index contributed by atoms with van der Waals surface area (Å²) in [5.74, 6) is -0.158. The van der Waals surface area contributed by atoms with E-state index >= 15 is 0 Å². The van der Waals surface area contributed by atoms with Gasteiger partial charge in [-0.2, -0.15) is 0 Å². The fourth-order valence-electron chi connectivity index (χ4n) is 1.61. The van der Waals surface area contributed by atoms with Crippen LogP contribution in [0.3, 0.4) is 0 Å². The molecule has 0 unspecified atom stereocenters. The van der Waals surface area contributed by atoms with Gasteiger partial charge in [-0.3, -0.25) is 0 Å². The SMILES string of the molecule is CC(C)c1ccc(C(=O)O)c(C(C)C)c1.[Ca]. The summed E-state index contributed by atoms with van der Waals surface area (Å²) < 4.78 is 0. The van der Waals surface area contributed by atoms with Crippen molar-refractivity contribution in [2.24, 2.45) is 0 Å². The Morgan fingerprint density at radius 2 is 1.69 bits per heavy atom. The third kappa shape index (κ3) is 3.76. The standard InChI is InChI=1S/C13H18O2.Ca/c1-8(2)10-5-6-11(13(14)15)12(7-10)9(3)4;/h5-9H,1-4H3,(H,14,15);. The minimum Gasteiger partial charge on any atom is -0.478 e. The van der Waals surface area contributed by atoms with E-state index in [0.717, 1.165) is 5.56 Å². The van der Waals surface area contributed by atoms with Crippen molar-refractivity contribution >= 4 is 43.7 Å². The number of carbonyl (C=O) groups is 1. The summed E-state index contributed by atoms with van der Waals surface area (Å²) >= 11 is 0. The maximum atomic E-state index is 11.0. The molecule has 1 N–H and O–H groups in total. The van der Waals surface area contributed by atoms with E-state index in [0.29, 0.717) is 11.5 Å². The maximum Gasteiger partial charge on any atom is 0.335 e. The van der Waals surface area contributed by atoms with Gasteiger partial charge in [-0.15, -0.1) is 0 Å². The van der Waals surface area contributed by atoms with Crippen molar-refractivity contribution in [3.05, 3.63) is 34.9 Å². The smallest absolute Gasteiger partial charge is 0.335 e. The number of carboxylic acid groups (broad SMARTS) is 1. The van der Waals surface area contributed by atoms with Gasteiger partial charge in [0, 0.05) is 37.7 Å². The molecule has 0 heterocycles. The van der Waals surface area contributed by atoms with Crippen molar-refractivity contribution in [1.82, 2.24) is 0 Å². The molecule has 0 bridgehead atoms. The summed E-state index contributed by atoms with van der Waals surface area (Å²) in [7, 11) is 0. The van der Waals surface area contributed by atoms with Crippen molar-refractivity contribution in [2.45, 2.75) is 39.5 Å². The van der Waals surface area contributed by atoms with Crippen LogP contribution in [0, 0.1) is 0 Å². The summed E-state index contributed by atoms with van der Waals surface area (Å²) in [5, 5.41) is 9.04. The Bertz CT molecular complexity index is 370. The van der Waals surface area contributed by atoms with Gasteiger partial charge in [0.2, 0.25) is 0 Å². The minimum atomic E-state index is -0.839. The van der Waals surface area contributed by atoms with Crippen LogP contribution in [0.25, 0.3) is 0 Å². The van der Waals surface area contributed by atoms with Crippen LogP contribution in [-0.4, -0.2) is 48.8 Å². The van der Waals surface area contributed by atoms with Gasteiger partial charge in [0.05, 0.1) is 5.56 Å². The van der Waals surface area contributed by atoms with Crippen LogP contribution in [0.15, 0.2) is 18.2 Å². The molecule has 1 rings (SSSR count). The topological polar surface area (TPSA) is 37.3 Å². The molecule has 0 aliphatic carbocycles. The summed E-state index contributed by atoms with van der Waals surface area (Å²) in [6.45, 7) is 8.26. The first-order valence-electron chi connectivity index (χ1n) is 5.30. The number of aromatic carboxylic acids is 1. The fourth-order valence-corrected chi connectivity index (χ4v) is 1.61. The van der Waals surface area contributed by atoms with E-state index in [9.17, 15) is 4.79 Å². The molecular weight excluding hydrogens is 228 g/mol. The van der Waals surface area contributed by atoms with Crippen molar-refractivity contribution in [3.63, 3.8) is 0 Å². The van der Waals surface area contributed by atoms with E-state index in [1.165, 1.54) is 5.56 Å². The van der Waals surface area contributed by atoms with Crippen molar-refractivity contribution in [3.8, 4) is 0 Å². The van der Waals surface area contributed by atoms with Gasteiger partial charge in [-0.25, -0.2) is 4.79 Å². The second-order valence-electron chi connectivity index (χ2n) is 4.46.